The van der Waals surface area contributed by atoms with Crippen molar-refractivity contribution in [3.8, 4) is 28.5 Å². The number of benzene rings is 2. The summed E-state index contributed by atoms with van der Waals surface area (Å²) in [5, 5.41) is 10.9. The zero-order valence-electron chi connectivity index (χ0n) is 16.6. The number of hydrogen-bond acceptors (Lipinski definition) is 6. The molecule has 0 aliphatic heterocycles. The Morgan fingerprint density at radius 2 is 1.69 bits per heavy atom. The number of hydrazone groups is 1. The molecule has 0 unspecified atom stereocenters. The van der Waals surface area contributed by atoms with Gasteiger partial charge in [-0.25, -0.2) is 5.43 Å². The number of ether oxygens (including phenoxy) is 3. The number of aryl methyl sites for hydroxylation is 1. The fourth-order valence-corrected chi connectivity index (χ4v) is 2.69. The van der Waals surface area contributed by atoms with Gasteiger partial charge in [-0.1, -0.05) is 29.8 Å². The van der Waals surface area contributed by atoms with Crippen molar-refractivity contribution >= 4 is 12.1 Å². The minimum absolute atomic E-state index is 0.298. The van der Waals surface area contributed by atoms with Crippen LogP contribution in [0.25, 0.3) is 11.3 Å². The van der Waals surface area contributed by atoms with Gasteiger partial charge in [-0.05, 0) is 13.0 Å². The molecule has 1 heterocycles. The summed E-state index contributed by atoms with van der Waals surface area (Å²) in [5.41, 5.74) is 6.09. The molecule has 3 rings (SSSR count). The van der Waals surface area contributed by atoms with Crippen LogP contribution in [-0.2, 0) is 0 Å². The van der Waals surface area contributed by atoms with Crippen LogP contribution in [0.5, 0.6) is 17.2 Å². The lowest BCUT2D eigenvalue weighted by molar-refractivity contribution is 0.0950. The van der Waals surface area contributed by atoms with Gasteiger partial charge < -0.3 is 14.2 Å². The molecule has 0 saturated heterocycles. The van der Waals surface area contributed by atoms with Crippen molar-refractivity contribution in [1.82, 2.24) is 15.6 Å². The van der Waals surface area contributed by atoms with E-state index in [1.165, 1.54) is 20.4 Å². The fourth-order valence-electron chi connectivity index (χ4n) is 2.69. The van der Waals surface area contributed by atoms with E-state index in [0.717, 1.165) is 11.1 Å². The lowest BCUT2D eigenvalue weighted by Crippen LogP contribution is -2.18. The quantitative estimate of drug-likeness (QED) is 0.474. The first-order valence-corrected chi connectivity index (χ1v) is 8.81. The highest BCUT2D eigenvalue weighted by molar-refractivity contribution is 5.95. The minimum atomic E-state index is -0.418. The number of methoxy groups -OCH3 is 3. The number of nitrogens with zero attached hydrogens (tertiary/aromatic N) is 2. The van der Waals surface area contributed by atoms with Crippen LogP contribution < -0.4 is 19.6 Å². The molecule has 1 aromatic heterocycles. The monoisotopic (exact) mass is 394 g/mol. The van der Waals surface area contributed by atoms with Crippen LogP contribution in [0.15, 0.2) is 47.6 Å². The predicted octanol–water partition coefficient (Wildman–Crippen LogP) is 3.17. The van der Waals surface area contributed by atoms with Crippen LogP contribution in [0, 0.1) is 6.92 Å². The minimum Gasteiger partial charge on any atom is -0.496 e. The smallest absolute Gasteiger partial charge is 0.289 e. The van der Waals surface area contributed by atoms with Gasteiger partial charge in [0.05, 0.1) is 38.8 Å². The third-order valence-corrected chi connectivity index (χ3v) is 4.28. The normalized spacial score (nSPS) is 10.8. The molecule has 0 saturated carbocycles. The molecule has 8 nitrogen and oxygen atoms in total. The summed E-state index contributed by atoms with van der Waals surface area (Å²) in [5.74, 6) is 1.17. The van der Waals surface area contributed by atoms with E-state index < -0.39 is 5.91 Å². The van der Waals surface area contributed by atoms with Crippen molar-refractivity contribution in [3.05, 3.63) is 59.3 Å². The summed E-state index contributed by atoms with van der Waals surface area (Å²) < 4.78 is 15.9. The van der Waals surface area contributed by atoms with Crippen LogP contribution in [-0.4, -0.2) is 43.6 Å². The summed E-state index contributed by atoms with van der Waals surface area (Å²) in [6, 6.07) is 13.0. The van der Waals surface area contributed by atoms with Gasteiger partial charge in [-0.3, -0.25) is 9.89 Å². The molecule has 0 atom stereocenters. The van der Waals surface area contributed by atoms with Gasteiger partial charge in [0.1, 0.15) is 22.9 Å². The Morgan fingerprint density at radius 1 is 1.03 bits per heavy atom. The van der Waals surface area contributed by atoms with Gasteiger partial charge in [0.25, 0.3) is 5.91 Å². The summed E-state index contributed by atoms with van der Waals surface area (Å²) >= 11 is 0. The van der Waals surface area contributed by atoms with Crippen LogP contribution in [0.2, 0.25) is 0 Å². The van der Waals surface area contributed by atoms with Gasteiger partial charge >= 0.3 is 0 Å². The number of aromatic amines is 1. The fraction of sp³-hybridized carbons (Fsp3) is 0.190. The van der Waals surface area contributed by atoms with Crippen molar-refractivity contribution in [3.63, 3.8) is 0 Å². The SMILES string of the molecule is COc1cc(OC)c(/C=N\NC(=O)c2cc(-c3ccc(C)cc3)n[nH]2)c(OC)c1. The second-order valence-corrected chi connectivity index (χ2v) is 6.18. The molecule has 1 amide bonds. The number of hydrogen-bond donors (Lipinski definition) is 2. The topological polar surface area (TPSA) is 97.8 Å². The van der Waals surface area contributed by atoms with Crippen LogP contribution in [0.4, 0.5) is 0 Å². The molecule has 0 aliphatic carbocycles. The zero-order valence-corrected chi connectivity index (χ0v) is 16.6. The van der Waals surface area contributed by atoms with Gasteiger partial charge in [0, 0.05) is 17.7 Å². The standard InChI is InChI=1S/C21H22N4O4/c1-13-5-7-14(8-6-13)17-11-18(24-23-17)21(26)25-22-12-16-19(28-3)9-15(27-2)10-20(16)29-4/h5-12H,1-4H3,(H,23,24)(H,25,26)/b22-12-. The van der Waals surface area contributed by atoms with E-state index in [0.29, 0.717) is 34.2 Å². The first-order chi connectivity index (χ1) is 14.0. The summed E-state index contributed by atoms with van der Waals surface area (Å²) in [6.45, 7) is 2.01. The third kappa shape index (κ3) is 4.55. The molecule has 8 heteroatoms. The maximum absolute atomic E-state index is 12.4. The van der Waals surface area contributed by atoms with Crippen molar-refractivity contribution in [1.29, 1.82) is 0 Å². The molecule has 2 aromatic carbocycles. The Balaban J connectivity index is 1.74. The highest BCUT2D eigenvalue weighted by Crippen LogP contribution is 2.32. The van der Waals surface area contributed by atoms with Crippen LogP contribution in [0.3, 0.4) is 0 Å². The van der Waals surface area contributed by atoms with Gasteiger partial charge in [-0.15, -0.1) is 0 Å². The largest absolute Gasteiger partial charge is 0.496 e. The van der Waals surface area contributed by atoms with Crippen LogP contribution in [0.1, 0.15) is 21.6 Å². The second kappa shape index (κ2) is 8.92. The maximum Gasteiger partial charge on any atom is 0.289 e. The Hall–Kier alpha value is -3.81. The number of amides is 1. The summed E-state index contributed by atoms with van der Waals surface area (Å²) in [4.78, 5) is 12.4. The molecule has 0 aliphatic rings. The highest BCUT2D eigenvalue weighted by Gasteiger charge is 2.13. The second-order valence-electron chi connectivity index (χ2n) is 6.18. The molecular formula is C21H22N4O4. The van der Waals surface area contributed by atoms with Crippen LogP contribution >= 0.6 is 0 Å². The molecule has 29 heavy (non-hydrogen) atoms. The first-order valence-electron chi connectivity index (χ1n) is 8.81. The molecule has 150 valence electrons. The number of nitrogens with one attached hydrogen (secondary N) is 2. The molecular weight excluding hydrogens is 372 g/mol. The van der Waals surface area contributed by atoms with Crippen molar-refractivity contribution in [2.24, 2.45) is 5.10 Å². The molecule has 0 bridgehead atoms. The number of H-pyrrole nitrogens is 1. The molecule has 2 N–H and O–H groups in total. The number of rotatable bonds is 7. The van der Waals surface area contributed by atoms with E-state index in [9.17, 15) is 4.79 Å². The van der Waals surface area contributed by atoms with E-state index in [1.54, 1.807) is 25.3 Å². The molecule has 0 radical (unpaired) electrons. The molecule has 3 aromatic rings. The predicted molar refractivity (Wildman–Crippen MR) is 110 cm³/mol. The Bertz CT molecular complexity index is 1000. The van der Waals surface area contributed by atoms with E-state index >= 15 is 0 Å². The summed E-state index contributed by atoms with van der Waals surface area (Å²) in [6.07, 6.45) is 1.45. The molecule has 0 spiro atoms. The third-order valence-electron chi connectivity index (χ3n) is 4.28. The van der Waals surface area contributed by atoms with Crippen molar-refractivity contribution in [2.45, 2.75) is 6.92 Å². The average Bonchev–Trinajstić information content (AvgIpc) is 3.24. The number of carbonyl (C=O) groups is 1. The first kappa shape index (κ1) is 19.9. The van der Waals surface area contributed by atoms with Crippen molar-refractivity contribution < 1.29 is 19.0 Å². The highest BCUT2D eigenvalue weighted by atomic mass is 16.5. The zero-order chi connectivity index (χ0) is 20.8. The van der Waals surface area contributed by atoms with Gasteiger partial charge in [0.15, 0.2) is 0 Å². The lowest BCUT2D eigenvalue weighted by Gasteiger charge is -2.12. The lowest BCUT2D eigenvalue weighted by atomic mass is 10.1. The summed E-state index contributed by atoms with van der Waals surface area (Å²) in [7, 11) is 4.61. The van der Waals surface area contributed by atoms with E-state index in [-0.39, 0.29) is 0 Å². The average molecular weight is 394 g/mol. The Labute approximate surface area is 168 Å². The van der Waals surface area contributed by atoms with Gasteiger partial charge in [0.2, 0.25) is 0 Å². The molecule has 0 fully saturated rings. The Kier molecular flexibility index (Phi) is 6.13. The number of aromatic nitrogens is 2. The maximum atomic E-state index is 12.4. The van der Waals surface area contributed by atoms with E-state index in [1.807, 2.05) is 31.2 Å². The Morgan fingerprint density at radius 3 is 2.28 bits per heavy atom. The van der Waals surface area contributed by atoms with Crippen molar-refractivity contribution in [2.75, 3.05) is 21.3 Å². The number of carbonyl (C=O) groups excluding carboxylic acids is 1. The van der Waals surface area contributed by atoms with Gasteiger partial charge in [-0.2, -0.15) is 10.2 Å². The van der Waals surface area contributed by atoms with E-state index in [2.05, 4.69) is 20.7 Å². The van der Waals surface area contributed by atoms with E-state index in [4.69, 9.17) is 14.2 Å².